The molecule has 2 N–H and O–H groups in total. The Morgan fingerprint density at radius 1 is 1.22 bits per heavy atom. The minimum atomic E-state index is -0.372. The molecule has 0 unspecified atom stereocenters. The molecular formula is C24H19ClN2O5. The summed E-state index contributed by atoms with van der Waals surface area (Å²) in [6.45, 7) is -0.133. The van der Waals surface area contributed by atoms with Gasteiger partial charge in [-0.3, -0.25) is 9.36 Å². The third kappa shape index (κ3) is 4.44. The van der Waals surface area contributed by atoms with E-state index >= 15 is 0 Å². The van der Waals surface area contributed by atoms with Crippen molar-refractivity contribution in [3.05, 3.63) is 99.3 Å². The minimum absolute atomic E-state index is 0.133. The fourth-order valence-electron chi connectivity index (χ4n) is 3.24. The number of rotatable bonds is 7. The van der Waals surface area contributed by atoms with Crippen LogP contribution in [0, 0.1) is 0 Å². The molecule has 2 heterocycles. The molecule has 0 atom stereocenters. The van der Waals surface area contributed by atoms with Crippen molar-refractivity contribution < 1.29 is 19.1 Å². The van der Waals surface area contributed by atoms with E-state index in [0.717, 1.165) is 5.56 Å². The van der Waals surface area contributed by atoms with Gasteiger partial charge in [0, 0.05) is 17.3 Å². The number of furan rings is 1. The van der Waals surface area contributed by atoms with E-state index in [1.165, 1.54) is 17.8 Å². The van der Waals surface area contributed by atoms with Crippen LogP contribution >= 0.6 is 11.6 Å². The monoisotopic (exact) mass is 450 g/mol. The van der Waals surface area contributed by atoms with Gasteiger partial charge in [-0.1, -0.05) is 30.3 Å². The number of halogens is 1. The maximum Gasteiger partial charge on any atom is 0.330 e. The number of allylic oxidation sites excluding steroid dienone is 1. The highest BCUT2D eigenvalue weighted by Crippen LogP contribution is 2.24. The maximum absolute atomic E-state index is 12.7. The number of nitrogens with one attached hydrogen (secondary N) is 1. The number of carbonyl (C=O) groups is 1. The molecule has 4 rings (SSSR count). The first-order valence-corrected chi connectivity index (χ1v) is 10.0. The summed E-state index contributed by atoms with van der Waals surface area (Å²) in [6.07, 6.45) is 4.70. The highest BCUT2D eigenvalue weighted by Gasteiger charge is 2.12. The average molecular weight is 451 g/mol. The van der Waals surface area contributed by atoms with Gasteiger partial charge >= 0.3 is 5.69 Å². The minimum Gasteiger partial charge on any atom is -0.496 e. The lowest BCUT2D eigenvalue weighted by atomic mass is 10.1. The number of methoxy groups -OCH3 is 1. The summed E-state index contributed by atoms with van der Waals surface area (Å²) in [6, 6.07) is 15.3. The number of aromatic amines is 1. The Labute approximate surface area is 188 Å². The molecule has 0 aliphatic carbocycles. The van der Waals surface area contributed by atoms with Gasteiger partial charge in [-0.2, -0.15) is 0 Å². The SMILES string of the molecule is COc1cc(/C=C/C(=O)c2cccc(-n3cc(-c4ccc(Cl)o4)[nH]c3=O)c2)ccc1CO. The predicted molar refractivity (Wildman–Crippen MR) is 121 cm³/mol. The molecule has 2 aromatic heterocycles. The zero-order valence-corrected chi connectivity index (χ0v) is 17.8. The van der Waals surface area contributed by atoms with Crippen LogP contribution in [0.4, 0.5) is 0 Å². The molecule has 2 aromatic carbocycles. The molecule has 8 heteroatoms. The fourth-order valence-corrected chi connectivity index (χ4v) is 3.39. The Balaban J connectivity index is 1.58. The third-order valence-corrected chi connectivity index (χ3v) is 5.08. The summed E-state index contributed by atoms with van der Waals surface area (Å²) in [5.41, 5.74) is 2.48. The largest absolute Gasteiger partial charge is 0.496 e. The van der Waals surface area contributed by atoms with Crippen molar-refractivity contribution in [3.8, 4) is 22.9 Å². The lowest BCUT2D eigenvalue weighted by Gasteiger charge is -2.06. The maximum atomic E-state index is 12.7. The number of H-pyrrole nitrogens is 1. The number of aliphatic hydroxyl groups excluding tert-OH is 1. The second-order valence-corrected chi connectivity index (χ2v) is 7.30. The van der Waals surface area contributed by atoms with Gasteiger partial charge in [0.25, 0.3) is 0 Å². The molecule has 0 spiro atoms. The van der Waals surface area contributed by atoms with Crippen LogP contribution in [0.25, 0.3) is 23.2 Å². The standard InChI is InChI=1S/C24H19ClN2O5/c1-31-22-11-15(5-7-17(22)14-28)6-8-20(29)16-3-2-4-18(12-16)27-13-19(26-24(27)30)21-9-10-23(25)32-21/h2-13,28H,14H2,1H3,(H,26,30)/b8-6+. The van der Waals surface area contributed by atoms with Gasteiger partial charge in [-0.25, -0.2) is 4.79 Å². The fraction of sp³-hybridized carbons (Fsp3) is 0.0833. The second kappa shape index (κ2) is 9.13. The summed E-state index contributed by atoms with van der Waals surface area (Å²) in [5, 5.41) is 9.54. The van der Waals surface area contributed by atoms with E-state index in [1.807, 2.05) is 0 Å². The number of nitrogens with zero attached hydrogens (tertiary/aromatic N) is 1. The van der Waals surface area contributed by atoms with Gasteiger partial charge in [-0.15, -0.1) is 0 Å². The van der Waals surface area contributed by atoms with Gasteiger partial charge < -0.3 is 19.2 Å². The topological polar surface area (TPSA) is 97.5 Å². The summed E-state index contributed by atoms with van der Waals surface area (Å²) in [7, 11) is 1.52. The van der Waals surface area contributed by atoms with Crippen molar-refractivity contribution in [1.82, 2.24) is 9.55 Å². The summed E-state index contributed by atoms with van der Waals surface area (Å²) in [4.78, 5) is 27.9. The van der Waals surface area contributed by atoms with E-state index in [2.05, 4.69) is 4.98 Å². The quantitative estimate of drug-likeness (QED) is 0.319. The van der Waals surface area contributed by atoms with Gasteiger partial charge in [0.2, 0.25) is 0 Å². The Kier molecular flexibility index (Phi) is 6.11. The van der Waals surface area contributed by atoms with Gasteiger partial charge in [0.05, 0.1) is 19.4 Å². The molecule has 32 heavy (non-hydrogen) atoms. The number of ether oxygens (including phenoxy) is 1. The molecular weight excluding hydrogens is 432 g/mol. The molecule has 0 aliphatic heterocycles. The molecule has 0 fully saturated rings. The smallest absolute Gasteiger partial charge is 0.330 e. The van der Waals surface area contributed by atoms with Crippen LogP contribution in [0.3, 0.4) is 0 Å². The molecule has 0 radical (unpaired) electrons. The van der Waals surface area contributed by atoms with Crippen LogP contribution in [0.1, 0.15) is 21.5 Å². The number of carbonyl (C=O) groups excluding carboxylic acids is 1. The van der Waals surface area contributed by atoms with E-state index in [9.17, 15) is 14.7 Å². The first kappa shape index (κ1) is 21.4. The van der Waals surface area contributed by atoms with Crippen molar-refractivity contribution in [2.24, 2.45) is 0 Å². The van der Waals surface area contributed by atoms with E-state index < -0.39 is 0 Å². The summed E-state index contributed by atoms with van der Waals surface area (Å²) < 4.78 is 12.0. The Bertz CT molecular complexity index is 1360. The molecule has 0 saturated carbocycles. The number of aromatic nitrogens is 2. The Hall–Kier alpha value is -3.81. The molecule has 4 aromatic rings. The lowest BCUT2D eigenvalue weighted by Crippen LogP contribution is -2.14. The summed E-state index contributed by atoms with van der Waals surface area (Å²) in [5.74, 6) is 0.756. The van der Waals surface area contributed by atoms with E-state index in [4.69, 9.17) is 20.8 Å². The van der Waals surface area contributed by atoms with Crippen LogP contribution in [0.15, 0.2) is 76.1 Å². The lowest BCUT2D eigenvalue weighted by molar-refractivity contribution is 0.104. The molecule has 0 saturated heterocycles. The Morgan fingerprint density at radius 2 is 2.06 bits per heavy atom. The van der Waals surface area contributed by atoms with Crippen LogP contribution < -0.4 is 10.4 Å². The first-order chi connectivity index (χ1) is 15.5. The van der Waals surface area contributed by atoms with E-state index in [-0.39, 0.29) is 23.3 Å². The van der Waals surface area contributed by atoms with Crippen molar-refractivity contribution in [2.75, 3.05) is 7.11 Å². The predicted octanol–water partition coefficient (Wildman–Crippen LogP) is 4.48. The van der Waals surface area contributed by atoms with Gasteiger partial charge in [-0.05, 0) is 53.6 Å². The highest BCUT2D eigenvalue weighted by molar-refractivity contribution is 6.29. The number of hydrogen-bond donors (Lipinski definition) is 2. The highest BCUT2D eigenvalue weighted by atomic mass is 35.5. The normalized spacial score (nSPS) is 11.2. The van der Waals surface area contributed by atoms with Crippen molar-refractivity contribution >= 4 is 23.5 Å². The number of hydrogen-bond acceptors (Lipinski definition) is 5. The van der Waals surface area contributed by atoms with Crippen molar-refractivity contribution in [1.29, 1.82) is 0 Å². The number of benzene rings is 2. The van der Waals surface area contributed by atoms with E-state index in [1.54, 1.807) is 66.9 Å². The molecule has 162 valence electrons. The van der Waals surface area contributed by atoms with E-state index in [0.29, 0.717) is 34.0 Å². The number of aliphatic hydroxyl groups is 1. The van der Waals surface area contributed by atoms with Crippen molar-refractivity contribution in [2.45, 2.75) is 6.61 Å². The summed E-state index contributed by atoms with van der Waals surface area (Å²) >= 11 is 5.81. The third-order valence-electron chi connectivity index (χ3n) is 4.87. The van der Waals surface area contributed by atoms with Crippen LogP contribution in [-0.4, -0.2) is 27.6 Å². The zero-order chi connectivity index (χ0) is 22.7. The van der Waals surface area contributed by atoms with Crippen LogP contribution in [-0.2, 0) is 6.61 Å². The molecule has 0 amide bonds. The van der Waals surface area contributed by atoms with Crippen molar-refractivity contribution in [3.63, 3.8) is 0 Å². The van der Waals surface area contributed by atoms with Gasteiger partial charge in [0.15, 0.2) is 16.8 Å². The first-order valence-electron chi connectivity index (χ1n) is 9.66. The number of imidazole rings is 1. The van der Waals surface area contributed by atoms with Gasteiger partial charge in [0.1, 0.15) is 11.4 Å². The molecule has 0 bridgehead atoms. The zero-order valence-electron chi connectivity index (χ0n) is 17.0. The second-order valence-electron chi connectivity index (χ2n) is 6.92. The Morgan fingerprint density at radius 3 is 2.78 bits per heavy atom. The molecule has 7 nitrogen and oxygen atoms in total. The number of ketones is 1. The van der Waals surface area contributed by atoms with Crippen LogP contribution in [0.2, 0.25) is 5.22 Å². The molecule has 0 aliphatic rings. The average Bonchev–Trinajstić information content (AvgIpc) is 3.42. The van der Waals surface area contributed by atoms with Crippen LogP contribution in [0.5, 0.6) is 5.75 Å².